The van der Waals surface area contributed by atoms with Crippen LogP contribution in [0.4, 0.5) is 0 Å². The number of nitrogens with one attached hydrogen (secondary N) is 2. The molecule has 1 aliphatic rings. The normalized spacial score (nSPS) is 18.0. The van der Waals surface area contributed by atoms with Crippen LogP contribution in [0.2, 0.25) is 0 Å². The predicted octanol–water partition coefficient (Wildman–Crippen LogP) is 1.72. The summed E-state index contributed by atoms with van der Waals surface area (Å²) < 4.78 is 10.6. The van der Waals surface area contributed by atoms with Gasteiger partial charge in [0.1, 0.15) is 0 Å². The smallest absolute Gasteiger partial charge is 0.191 e. The van der Waals surface area contributed by atoms with Gasteiger partial charge in [0.15, 0.2) is 5.96 Å². The Labute approximate surface area is 148 Å². The van der Waals surface area contributed by atoms with E-state index >= 15 is 0 Å². The fourth-order valence-electron chi connectivity index (χ4n) is 2.94. The fraction of sp³-hybridized carbons (Fsp3) is 0.944. The molecule has 2 N–H and O–H groups in total. The number of methoxy groups -OCH3 is 1. The monoisotopic (exact) mass is 342 g/mol. The van der Waals surface area contributed by atoms with E-state index in [4.69, 9.17) is 14.5 Å². The molecule has 142 valence electrons. The second-order valence-electron chi connectivity index (χ2n) is 6.66. The largest absolute Gasteiger partial charge is 0.385 e. The first-order chi connectivity index (χ1) is 11.7. The summed E-state index contributed by atoms with van der Waals surface area (Å²) in [5, 5.41) is 6.80. The molecule has 0 aromatic rings. The number of guanidine groups is 1. The molecule has 0 amide bonds. The van der Waals surface area contributed by atoms with E-state index in [1.807, 2.05) is 0 Å². The highest BCUT2D eigenvalue weighted by Gasteiger charge is 2.23. The van der Waals surface area contributed by atoms with Crippen LogP contribution < -0.4 is 10.6 Å². The van der Waals surface area contributed by atoms with Gasteiger partial charge in [0.2, 0.25) is 0 Å². The van der Waals surface area contributed by atoms with Gasteiger partial charge in [-0.05, 0) is 32.1 Å². The molecule has 6 nitrogen and oxygen atoms in total. The lowest BCUT2D eigenvalue weighted by molar-refractivity contribution is 0.00867. The molecule has 1 unspecified atom stereocenters. The summed E-state index contributed by atoms with van der Waals surface area (Å²) in [6.07, 6.45) is 3.45. The van der Waals surface area contributed by atoms with E-state index < -0.39 is 0 Å². The lowest BCUT2D eigenvalue weighted by atomic mass is 10.0. The highest BCUT2D eigenvalue weighted by molar-refractivity contribution is 5.79. The van der Waals surface area contributed by atoms with Crippen molar-refractivity contribution in [1.29, 1.82) is 0 Å². The predicted molar refractivity (Wildman–Crippen MR) is 101 cm³/mol. The number of aliphatic imine (C=N–C) groups is 1. The van der Waals surface area contributed by atoms with Gasteiger partial charge in [-0.1, -0.05) is 13.8 Å². The van der Waals surface area contributed by atoms with Gasteiger partial charge >= 0.3 is 0 Å². The number of rotatable bonds is 11. The van der Waals surface area contributed by atoms with Crippen molar-refractivity contribution in [2.24, 2.45) is 10.9 Å². The van der Waals surface area contributed by atoms with Gasteiger partial charge in [-0.25, -0.2) is 0 Å². The Morgan fingerprint density at radius 1 is 1.17 bits per heavy atom. The van der Waals surface area contributed by atoms with Crippen LogP contribution in [0.1, 0.15) is 40.0 Å². The Hall–Kier alpha value is -0.850. The van der Waals surface area contributed by atoms with Gasteiger partial charge in [-0.2, -0.15) is 0 Å². The molecule has 1 saturated heterocycles. The van der Waals surface area contributed by atoms with E-state index in [0.717, 1.165) is 71.3 Å². The first-order valence-electron chi connectivity index (χ1n) is 9.52. The van der Waals surface area contributed by atoms with Crippen LogP contribution in [-0.2, 0) is 9.47 Å². The van der Waals surface area contributed by atoms with Crippen molar-refractivity contribution in [3.05, 3.63) is 0 Å². The average molecular weight is 343 g/mol. The molecule has 1 rings (SSSR count). The maximum Gasteiger partial charge on any atom is 0.191 e. The Balaban J connectivity index is 2.42. The van der Waals surface area contributed by atoms with Crippen LogP contribution in [0.15, 0.2) is 4.99 Å². The van der Waals surface area contributed by atoms with E-state index in [9.17, 15) is 0 Å². The minimum absolute atomic E-state index is 0.478. The first-order valence-corrected chi connectivity index (χ1v) is 9.52. The topological polar surface area (TPSA) is 58.1 Å². The quantitative estimate of drug-likeness (QED) is 0.340. The van der Waals surface area contributed by atoms with E-state index in [0.29, 0.717) is 12.0 Å². The summed E-state index contributed by atoms with van der Waals surface area (Å²) in [6, 6.07) is 0.478. The number of hydrogen-bond acceptors (Lipinski definition) is 4. The highest BCUT2D eigenvalue weighted by atomic mass is 16.5. The zero-order chi connectivity index (χ0) is 17.6. The molecule has 0 radical (unpaired) electrons. The molecule has 1 atom stereocenters. The average Bonchev–Trinajstić information content (AvgIpc) is 2.58. The van der Waals surface area contributed by atoms with E-state index in [1.165, 1.54) is 6.42 Å². The fourth-order valence-corrected chi connectivity index (χ4v) is 2.94. The number of unbranched alkanes of at least 4 members (excludes halogenated alkanes) is 2. The lowest BCUT2D eigenvalue weighted by Crippen LogP contribution is -2.48. The summed E-state index contributed by atoms with van der Waals surface area (Å²) in [4.78, 5) is 7.35. The number of morpholine rings is 1. The standard InChI is InChI=1S/C18H38N4O2/c1-5-19-18(20-9-7-6-8-12-23-4)21-15-17(16(2)3)22-10-13-24-14-11-22/h16-17H,5-15H2,1-4H3,(H2,19,20,21). The molecule has 0 saturated carbocycles. The molecular formula is C18H38N4O2. The van der Waals surface area contributed by atoms with Gasteiger partial charge in [-0.3, -0.25) is 9.89 Å². The Morgan fingerprint density at radius 2 is 1.92 bits per heavy atom. The Morgan fingerprint density at radius 3 is 2.54 bits per heavy atom. The molecule has 0 aliphatic carbocycles. The van der Waals surface area contributed by atoms with Gasteiger partial charge in [-0.15, -0.1) is 0 Å². The molecule has 24 heavy (non-hydrogen) atoms. The van der Waals surface area contributed by atoms with E-state index in [-0.39, 0.29) is 0 Å². The van der Waals surface area contributed by atoms with Crippen LogP contribution in [0.3, 0.4) is 0 Å². The number of ether oxygens (including phenoxy) is 2. The molecule has 6 heteroatoms. The van der Waals surface area contributed by atoms with Crippen molar-refractivity contribution in [2.75, 3.05) is 59.7 Å². The van der Waals surface area contributed by atoms with Crippen LogP contribution >= 0.6 is 0 Å². The minimum atomic E-state index is 0.478. The maximum atomic E-state index is 5.48. The summed E-state index contributed by atoms with van der Waals surface area (Å²) in [7, 11) is 1.76. The molecule has 0 aromatic heterocycles. The van der Waals surface area contributed by atoms with Gasteiger partial charge in [0, 0.05) is 45.9 Å². The zero-order valence-corrected chi connectivity index (χ0v) is 16.1. The van der Waals surface area contributed by atoms with Gasteiger partial charge in [0.25, 0.3) is 0 Å². The Kier molecular flexibility index (Phi) is 11.9. The van der Waals surface area contributed by atoms with Crippen LogP contribution in [0.5, 0.6) is 0 Å². The van der Waals surface area contributed by atoms with Crippen molar-refractivity contribution < 1.29 is 9.47 Å². The van der Waals surface area contributed by atoms with Crippen molar-refractivity contribution in [3.8, 4) is 0 Å². The van der Waals surface area contributed by atoms with Gasteiger partial charge < -0.3 is 20.1 Å². The summed E-state index contributed by atoms with van der Waals surface area (Å²) in [5.41, 5.74) is 0. The van der Waals surface area contributed by atoms with Crippen LogP contribution in [0, 0.1) is 5.92 Å². The molecule has 0 bridgehead atoms. The van der Waals surface area contributed by atoms with E-state index in [1.54, 1.807) is 7.11 Å². The molecular weight excluding hydrogens is 304 g/mol. The zero-order valence-electron chi connectivity index (χ0n) is 16.1. The third-order valence-corrected chi connectivity index (χ3v) is 4.38. The summed E-state index contributed by atoms with van der Waals surface area (Å²) >= 11 is 0. The third kappa shape index (κ3) is 8.85. The number of nitrogens with zero attached hydrogens (tertiary/aromatic N) is 2. The summed E-state index contributed by atoms with van der Waals surface area (Å²) in [5.74, 6) is 1.52. The molecule has 0 aromatic carbocycles. The van der Waals surface area contributed by atoms with Crippen molar-refractivity contribution >= 4 is 5.96 Å². The molecule has 1 fully saturated rings. The highest BCUT2D eigenvalue weighted by Crippen LogP contribution is 2.13. The second-order valence-corrected chi connectivity index (χ2v) is 6.66. The van der Waals surface area contributed by atoms with Crippen molar-refractivity contribution in [3.63, 3.8) is 0 Å². The van der Waals surface area contributed by atoms with Crippen molar-refractivity contribution in [1.82, 2.24) is 15.5 Å². The van der Waals surface area contributed by atoms with Crippen LogP contribution in [-0.4, -0.2) is 76.6 Å². The molecule has 1 aliphatic heterocycles. The maximum absolute atomic E-state index is 5.48. The summed E-state index contributed by atoms with van der Waals surface area (Å²) in [6.45, 7) is 13.9. The molecule has 0 spiro atoms. The lowest BCUT2D eigenvalue weighted by Gasteiger charge is -2.36. The minimum Gasteiger partial charge on any atom is -0.385 e. The third-order valence-electron chi connectivity index (χ3n) is 4.38. The number of hydrogen-bond donors (Lipinski definition) is 2. The van der Waals surface area contributed by atoms with Crippen molar-refractivity contribution in [2.45, 2.75) is 46.1 Å². The Bertz CT molecular complexity index is 331. The first kappa shape index (κ1) is 21.2. The molecule has 1 heterocycles. The second kappa shape index (κ2) is 13.4. The van der Waals surface area contributed by atoms with Crippen LogP contribution in [0.25, 0.3) is 0 Å². The SMILES string of the molecule is CCNC(=NCC(C(C)C)N1CCOCC1)NCCCCCOC. The van der Waals surface area contributed by atoms with E-state index in [2.05, 4.69) is 36.3 Å². The van der Waals surface area contributed by atoms with Gasteiger partial charge in [0.05, 0.1) is 19.8 Å².